The number of benzene rings is 1. The predicted molar refractivity (Wildman–Crippen MR) is 250 cm³/mol. The Morgan fingerprint density at radius 1 is 0.427 bits per heavy atom. The van der Waals surface area contributed by atoms with Crippen molar-refractivity contribution in [3.8, 4) is 5.75 Å². The number of hydrogen-bond acceptors (Lipinski definition) is 35. The van der Waals surface area contributed by atoms with E-state index in [1.807, 2.05) is 0 Å². The lowest BCUT2D eigenvalue weighted by Gasteiger charge is -2.49. The Bertz CT molecular complexity index is 2190. The van der Waals surface area contributed by atoms with Gasteiger partial charge in [0.25, 0.3) is 0 Å². The summed E-state index contributed by atoms with van der Waals surface area (Å²) in [6.07, 6.45) is -61.7. The van der Waals surface area contributed by atoms with Gasteiger partial charge in [-0.25, -0.2) is 4.79 Å². The van der Waals surface area contributed by atoms with Crippen LogP contribution in [-0.2, 0) is 61.6 Å². The number of anilines is 1. The Kier molecular flexibility index (Phi) is 22.0. The fourth-order valence-electron chi connectivity index (χ4n) is 9.88. The molecular weight excluding hydrogens is 1130 g/mol. The lowest BCUT2D eigenvalue weighted by Crippen LogP contribution is -2.68. The van der Waals surface area contributed by atoms with Crippen LogP contribution in [0.1, 0.15) is 10.4 Å². The summed E-state index contributed by atoms with van der Waals surface area (Å²) >= 11 is 0. The van der Waals surface area contributed by atoms with E-state index in [-0.39, 0.29) is 11.4 Å². The molecule has 13 unspecified atom stereocenters. The van der Waals surface area contributed by atoms with Crippen molar-refractivity contribution >= 4 is 11.7 Å². The third-order valence-corrected chi connectivity index (χ3v) is 14.8. The molecule has 82 heavy (non-hydrogen) atoms. The Morgan fingerprint density at radius 3 is 1.17 bits per heavy atom. The van der Waals surface area contributed by atoms with E-state index in [0.29, 0.717) is 0 Å². The van der Waals surface area contributed by atoms with Crippen molar-refractivity contribution < 1.29 is 173 Å². The number of carboxylic acids is 1. The van der Waals surface area contributed by atoms with Gasteiger partial charge in [0.2, 0.25) is 6.29 Å². The van der Waals surface area contributed by atoms with Crippen LogP contribution < -0.4 is 10.5 Å². The van der Waals surface area contributed by atoms with Crippen LogP contribution in [0.4, 0.5) is 5.69 Å². The molecule has 1 aromatic carbocycles. The molecule has 470 valence electrons. The first-order valence-corrected chi connectivity index (χ1v) is 25.7. The summed E-state index contributed by atoms with van der Waals surface area (Å²) in [6.45, 7) is -5.21. The monoisotopic (exact) mass is 1200 g/mol. The topological polar surface area (TPSA) is 577 Å². The average Bonchev–Trinajstić information content (AvgIpc) is 3.52. The first-order valence-electron chi connectivity index (χ1n) is 25.7. The number of carbonyl (C=O) groups is 1. The van der Waals surface area contributed by atoms with Crippen molar-refractivity contribution in [1.29, 1.82) is 0 Å². The molecule has 0 aliphatic carbocycles. The second-order valence-electron chi connectivity index (χ2n) is 20.5. The summed E-state index contributed by atoms with van der Waals surface area (Å²) in [5, 5.41) is 215. The van der Waals surface area contributed by atoms with Crippen molar-refractivity contribution in [2.75, 3.05) is 52.0 Å². The molecule has 7 saturated heterocycles. The van der Waals surface area contributed by atoms with Crippen LogP contribution in [0.3, 0.4) is 0 Å². The average molecular weight is 1200 g/mol. The summed E-state index contributed by atoms with van der Waals surface area (Å²) in [6, 6.07) is 3.44. The van der Waals surface area contributed by atoms with Crippen molar-refractivity contribution in [1.82, 2.24) is 0 Å². The van der Waals surface area contributed by atoms with Gasteiger partial charge in [0.15, 0.2) is 37.7 Å². The Balaban J connectivity index is 1.02. The van der Waals surface area contributed by atoms with E-state index in [1.54, 1.807) is 0 Å². The molecule has 0 saturated carbocycles. The van der Waals surface area contributed by atoms with Crippen LogP contribution in [0.25, 0.3) is 0 Å². The smallest absolute Gasteiger partial charge is 0.339 e. The molecule has 0 amide bonds. The van der Waals surface area contributed by atoms with E-state index >= 15 is 0 Å². The summed E-state index contributed by atoms with van der Waals surface area (Å²) in [7, 11) is 0. The van der Waals surface area contributed by atoms with Gasteiger partial charge in [-0.2, -0.15) is 0 Å². The first kappa shape index (κ1) is 65.0. The molecule has 8 rings (SSSR count). The molecule has 36 heteroatoms. The number of aromatic carboxylic acids is 1. The van der Waals surface area contributed by atoms with Crippen LogP contribution in [-0.4, -0.2) is 351 Å². The summed E-state index contributed by atoms with van der Waals surface area (Å²) in [4.78, 5) is 11.9. The van der Waals surface area contributed by atoms with Gasteiger partial charge in [0.05, 0.1) is 46.2 Å². The van der Waals surface area contributed by atoms with Gasteiger partial charge in [-0.1, -0.05) is 0 Å². The van der Waals surface area contributed by atoms with E-state index < -0.39 is 254 Å². The highest BCUT2D eigenvalue weighted by Gasteiger charge is 2.57. The SMILES string of the molecule is Nc1ccc(O[C@@H]2O[C@@H](CO)[C@@H](O[C@@H]3OC(CO[C@H]4OC[C@@H](O)C(O)[C@@H]4O)[C@@H](O[C@@H]4OC(CO[C@H]5OC[C@@H](O)C(O)C5O)[C@@H](O[C@@H]5OC(CO[C@H]6OC[C@@H](O)C(O)[C@@H]6O)[C@@H](O)C(O)[C@@H]5O)C(O)C4O)C(O)[C@@H]3O)C(O)C2O)c(C(=O)O)c1. The molecule has 7 fully saturated rings. The summed E-state index contributed by atoms with van der Waals surface area (Å²) in [5.74, 6) is -1.87. The third kappa shape index (κ3) is 14.0. The standard InChI is InChI=1S/C46H71NO35/c47-11-1-2-16(12(3-11)39(67)68)75-43-33(64)26(57)36(17(4-48)76-43)80-45-34(65)27(58)38(20(78-45)10-74-42-31(62)23(54)15(51)7-71-42)82-46-35(66)28(59)37(19(79-46)9-73-41-30(61)22(53)14(50)6-70-41)81-44-32(63)25(56)24(55)18(77-44)8-72-40-29(60)21(52)13(49)5-69-40/h1-3,13-15,17-38,40-46,48-66H,4-10,47H2,(H,67,68)/t13-,14-,15-,17+,18?,19?,20?,21?,22?,23?,24-,25?,26?,27?,28?,29+,30?,31+,32+,33?,34+,35?,36-,37-,38-,40-,41-,42-,43-,44+,45+,46+/m1/s1. The van der Waals surface area contributed by atoms with Crippen molar-refractivity contribution in [2.24, 2.45) is 0 Å². The predicted octanol–water partition coefficient (Wildman–Crippen LogP) is -13.0. The fourth-order valence-corrected chi connectivity index (χ4v) is 9.88. The highest BCUT2D eigenvalue weighted by atomic mass is 16.8. The van der Waals surface area contributed by atoms with Crippen LogP contribution in [0.2, 0.25) is 0 Å². The molecule has 0 spiro atoms. The molecule has 0 bridgehead atoms. The number of aliphatic hydroxyl groups is 19. The van der Waals surface area contributed by atoms with Crippen LogP contribution in [0, 0.1) is 0 Å². The minimum Gasteiger partial charge on any atom is -0.478 e. The molecular formula is C46H71NO35. The fraction of sp³-hybridized carbons (Fsp3) is 0.848. The minimum absolute atomic E-state index is 0.0289. The second-order valence-corrected chi connectivity index (χ2v) is 20.5. The molecule has 1 aromatic rings. The van der Waals surface area contributed by atoms with Crippen LogP contribution in [0.5, 0.6) is 5.75 Å². The van der Waals surface area contributed by atoms with E-state index in [9.17, 15) is 107 Å². The highest BCUT2D eigenvalue weighted by molar-refractivity contribution is 5.92. The molecule has 7 aliphatic rings. The maximum absolute atomic E-state index is 11.9. The number of nitrogens with two attached hydrogens (primary N) is 1. The first-order chi connectivity index (χ1) is 38.8. The zero-order valence-corrected chi connectivity index (χ0v) is 42.8. The molecule has 0 aromatic heterocycles. The number of rotatable bonds is 19. The molecule has 36 nitrogen and oxygen atoms in total. The summed E-state index contributed by atoms with van der Waals surface area (Å²) < 4.78 is 79.3. The molecule has 7 heterocycles. The second kappa shape index (κ2) is 27.8. The Morgan fingerprint density at radius 2 is 0.768 bits per heavy atom. The van der Waals surface area contributed by atoms with E-state index in [0.717, 1.165) is 12.1 Å². The quantitative estimate of drug-likeness (QED) is 0.0572. The summed E-state index contributed by atoms with van der Waals surface area (Å²) in [5.41, 5.74) is 5.26. The molecule has 7 aliphatic heterocycles. The van der Waals surface area contributed by atoms with Gasteiger partial charge in [0.1, 0.15) is 164 Å². The third-order valence-electron chi connectivity index (χ3n) is 14.8. The van der Waals surface area contributed by atoms with Crippen molar-refractivity contribution in [2.45, 2.75) is 197 Å². The van der Waals surface area contributed by atoms with Gasteiger partial charge in [-0.05, 0) is 18.2 Å². The number of carboxylic acid groups (broad SMARTS) is 1. The maximum Gasteiger partial charge on any atom is 0.339 e. The van der Waals surface area contributed by atoms with Gasteiger partial charge < -0.3 is 174 Å². The Hall–Kier alpha value is -2.99. The molecule has 32 atom stereocenters. The van der Waals surface area contributed by atoms with Crippen LogP contribution in [0.15, 0.2) is 18.2 Å². The molecule has 0 radical (unpaired) electrons. The largest absolute Gasteiger partial charge is 0.478 e. The number of hydrogen-bond donors (Lipinski definition) is 21. The van der Waals surface area contributed by atoms with Gasteiger partial charge in [0, 0.05) is 5.69 Å². The van der Waals surface area contributed by atoms with E-state index in [4.69, 9.17) is 72.0 Å². The van der Waals surface area contributed by atoms with Gasteiger partial charge in [-0.15, -0.1) is 0 Å². The van der Waals surface area contributed by atoms with E-state index in [1.165, 1.54) is 6.07 Å². The van der Waals surface area contributed by atoms with Crippen LogP contribution >= 0.6 is 0 Å². The van der Waals surface area contributed by atoms with Gasteiger partial charge in [-0.3, -0.25) is 0 Å². The number of aliphatic hydroxyl groups excluding tert-OH is 19. The normalized spacial score (nSPS) is 48.6. The zero-order chi connectivity index (χ0) is 59.8. The Labute approximate surface area is 462 Å². The lowest BCUT2D eigenvalue weighted by atomic mass is 9.95. The zero-order valence-electron chi connectivity index (χ0n) is 42.8. The number of ether oxygens (including phenoxy) is 14. The minimum atomic E-state index is -2.34. The maximum atomic E-state index is 11.9. The molecule has 22 N–H and O–H groups in total. The highest BCUT2D eigenvalue weighted by Crippen LogP contribution is 2.37. The van der Waals surface area contributed by atoms with E-state index in [2.05, 4.69) is 0 Å². The van der Waals surface area contributed by atoms with Crippen molar-refractivity contribution in [3.05, 3.63) is 23.8 Å². The van der Waals surface area contributed by atoms with Gasteiger partial charge >= 0.3 is 5.97 Å². The number of nitrogen functional groups attached to an aromatic ring is 1. The lowest BCUT2D eigenvalue weighted by molar-refractivity contribution is -0.393. The van der Waals surface area contributed by atoms with Crippen molar-refractivity contribution in [3.63, 3.8) is 0 Å².